The molecule has 0 saturated carbocycles. The van der Waals surface area contributed by atoms with Crippen molar-refractivity contribution in [1.29, 1.82) is 0 Å². The number of nitrogens with one attached hydrogen (secondary N) is 2. The molecule has 2 aromatic carbocycles. The number of amides is 2. The number of likely N-dealkylation sites (tertiary alicyclic amines) is 1. The van der Waals surface area contributed by atoms with Gasteiger partial charge in [-0.25, -0.2) is 9.37 Å². The maximum Gasteiger partial charge on any atom is 0.238 e. The molecule has 2 aliphatic rings. The lowest BCUT2D eigenvalue weighted by atomic mass is 9.76. The SMILES string of the molecule is Cc1nc2cc(NC(=O)CN3C[C@@H](c4cccc(F)c4)[C@@]4(CCCC(=O)N4)C3)ccc2n1C. The van der Waals surface area contributed by atoms with Gasteiger partial charge in [0.2, 0.25) is 11.8 Å². The Balaban J connectivity index is 1.33. The molecule has 5 rings (SSSR count). The molecule has 0 aliphatic carbocycles. The van der Waals surface area contributed by atoms with Crippen molar-refractivity contribution in [1.82, 2.24) is 19.8 Å². The molecule has 2 N–H and O–H groups in total. The van der Waals surface area contributed by atoms with Crippen molar-refractivity contribution in [2.24, 2.45) is 7.05 Å². The normalized spacial score (nSPS) is 23.2. The first-order chi connectivity index (χ1) is 15.8. The number of fused-ring (bicyclic) bond motifs is 1. The van der Waals surface area contributed by atoms with Crippen LogP contribution in [0, 0.1) is 12.7 Å². The molecular weight excluding hydrogens is 421 g/mol. The van der Waals surface area contributed by atoms with E-state index in [2.05, 4.69) is 20.5 Å². The second kappa shape index (κ2) is 8.26. The predicted molar refractivity (Wildman–Crippen MR) is 124 cm³/mol. The highest BCUT2D eigenvalue weighted by atomic mass is 19.1. The average Bonchev–Trinajstić information content (AvgIpc) is 3.23. The van der Waals surface area contributed by atoms with Crippen LogP contribution < -0.4 is 10.6 Å². The summed E-state index contributed by atoms with van der Waals surface area (Å²) in [6, 6.07) is 12.3. The van der Waals surface area contributed by atoms with E-state index in [4.69, 9.17) is 0 Å². The molecule has 3 heterocycles. The fourth-order valence-corrected chi connectivity index (χ4v) is 5.42. The highest BCUT2D eigenvalue weighted by Gasteiger charge is 2.49. The number of hydrogen-bond acceptors (Lipinski definition) is 4. The number of benzene rings is 2. The van der Waals surface area contributed by atoms with Crippen LogP contribution in [0.5, 0.6) is 0 Å². The van der Waals surface area contributed by atoms with Crippen molar-refractivity contribution in [3.05, 3.63) is 59.7 Å². The van der Waals surface area contributed by atoms with Gasteiger partial charge in [-0.15, -0.1) is 0 Å². The monoisotopic (exact) mass is 449 g/mol. The van der Waals surface area contributed by atoms with Crippen molar-refractivity contribution >= 4 is 28.5 Å². The maximum absolute atomic E-state index is 14.0. The van der Waals surface area contributed by atoms with Crippen LogP contribution in [0.4, 0.5) is 10.1 Å². The predicted octanol–water partition coefficient (Wildman–Crippen LogP) is 3.10. The quantitative estimate of drug-likeness (QED) is 0.642. The lowest BCUT2D eigenvalue weighted by Gasteiger charge is -2.39. The number of nitrogens with zero attached hydrogens (tertiary/aromatic N) is 3. The molecule has 2 amide bonds. The molecule has 2 atom stereocenters. The zero-order valence-corrected chi connectivity index (χ0v) is 18.9. The highest BCUT2D eigenvalue weighted by Crippen LogP contribution is 2.41. The lowest BCUT2D eigenvalue weighted by molar-refractivity contribution is -0.125. The van der Waals surface area contributed by atoms with Crippen LogP contribution in [-0.4, -0.2) is 51.4 Å². The smallest absolute Gasteiger partial charge is 0.238 e. The topological polar surface area (TPSA) is 79.3 Å². The maximum atomic E-state index is 14.0. The Kier molecular flexibility index (Phi) is 5.40. The Morgan fingerprint density at radius 1 is 1.30 bits per heavy atom. The van der Waals surface area contributed by atoms with Gasteiger partial charge in [-0.1, -0.05) is 12.1 Å². The summed E-state index contributed by atoms with van der Waals surface area (Å²) in [5.41, 5.74) is 2.93. The molecular formula is C25H28FN5O2. The number of aromatic nitrogens is 2. The van der Waals surface area contributed by atoms with Crippen molar-refractivity contribution < 1.29 is 14.0 Å². The molecule has 33 heavy (non-hydrogen) atoms. The van der Waals surface area contributed by atoms with E-state index < -0.39 is 5.54 Å². The summed E-state index contributed by atoms with van der Waals surface area (Å²) in [6.07, 6.45) is 2.11. The molecule has 0 unspecified atom stereocenters. The Bertz CT molecular complexity index is 1240. The fraction of sp³-hybridized carbons (Fsp3) is 0.400. The van der Waals surface area contributed by atoms with E-state index in [0.29, 0.717) is 25.2 Å². The summed E-state index contributed by atoms with van der Waals surface area (Å²) in [6.45, 7) is 3.28. The minimum absolute atomic E-state index is 0.0212. The van der Waals surface area contributed by atoms with Crippen molar-refractivity contribution in [2.45, 2.75) is 37.6 Å². The number of imidazole rings is 1. The van der Waals surface area contributed by atoms with Crippen LogP contribution in [0.3, 0.4) is 0 Å². The van der Waals surface area contributed by atoms with E-state index in [1.165, 1.54) is 6.07 Å². The summed E-state index contributed by atoms with van der Waals surface area (Å²) in [7, 11) is 1.96. The lowest BCUT2D eigenvalue weighted by Crippen LogP contribution is -2.56. The van der Waals surface area contributed by atoms with Gasteiger partial charge in [0.25, 0.3) is 0 Å². The number of hydrogen-bond donors (Lipinski definition) is 2. The number of aryl methyl sites for hydroxylation is 2. The molecule has 3 aromatic rings. The average molecular weight is 450 g/mol. The van der Waals surface area contributed by atoms with Gasteiger partial charge >= 0.3 is 0 Å². The van der Waals surface area contributed by atoms with E-state index in [0.717, 1.165) is 35.3 Å². The van der Waals surface area contributed by atoms with Crippen molar-refractivity contribution in [2.75, 3.05) is 25.0 Å². The van der Waals surface area contributed by atoms with Crippen LogP contribution in [0.25, 0.3) is 11.0 Å². The van der Waals surface area contributed by atoms with Crippen LogP contribution in [-0.2, 0) is 16.6 Å². The molecule has 1 spiro atoms. The van der Waals surface area contributed by atoms with Crippen LogP contribution in [0.1, 0.15) is 36.6 Å². The van der Waals surface area contributed by atoms with Gasteiger partial charge in [0, 0.05) is 38.2 Å². The van der Waals surface area contributed by atoms with E-state index in [9.17, 15) is 14.0 Å². The second-order valence-electron chi connectivity index (χ2n) is 9.30. The first-order valence-corrected chi connectivity index (χ1v) is 11.3. The van der Waals surface area contributed by atoms with Crippen molar-refractivity contribution in [3.63, 3.8) is 0 Å². The van der Waals surface area contributed by atoms with Crippen LogP contribution in [0.15, 0.2) is 42.5 Å². The highest BCUT2D eigenvalue weighted by molar-refractivity contribution is 5.94. The summed E-state index contributed by atoms with van der Waals surface area (Å²) >= 11 is 0. The Morgan fingerprint density at radius 2 is 2.15 bits per heavy atom. The minimum atomic E-state index is -0.478. The summed E-state index contributed by atoms with van der Waals surface area (Å²) in [5.74, 6) is 0.445. The molecule has 0 radical (unpaired) electrons. The van der Waals surface area contributed by atoms with Crippen LogP contribution in [0.2, 0.25) is 0 Å². The van der Waals surface area contributed by atoms with Crippen LogP contribution >= 0.6 is 0 Å². The molecule has 2 aliphatic heterocycles. The number of carbonyl (C=O) groups excluding carboxylic acids is 2. The third-order valence-corrected chi connectivity index (χ3v) is 7.04. The van der Waals surface area contributed by atoms with Gasteiger partial charge in [0.15, 0.2) is 0 Å². The first kappa shape index (κ1) is 21.6. The van der Waals surface area contributed by atoms with Gasteiger partial charge < -0.3 is 15.2 Å². The molecule has 0 bridgehead atoms. The number of carbonyl (C=O) groups is 2. The molecule has 172 valence electrons. The van der Waals surface area contributed by atoms with Gasteiger partial charge in [0.05, 0.1) is 23.1 Å². The van der Waals surface area contributed by atoms with Gasteiger partial charge in [-0.05, 0) is 55.7 Å². The van der Waals surface area contributed by atoms with Gasteiger partial charge in [0.1, 0.15) is 11.6 Å². The summed E-state index contributed by atoms with van der Waals surface area (Å²) in [5, 5.41) is 6.17. The van der Waals surface area contributed by atoms with Gasteiger partial charge in [-0.3, -0.25) is 14.5 Å². The summed E-state index contributed by atoms with van der Waals surface area (Å²) < 4.78 is 16.0. The fourth-order valence-electron chi connectivity index (χ4n) is 5.42. The first-order valence-electron chi connectivity index (χ1n) is 11.3. The Hall–Kier alpha value is -3.26. The zero-order chi connectivity index (χ0) is 23.2. The van der Waals surface area contributed by atoms with E-state index in [1.807, 2.05) is 42.8 Å². The standard InChI is InChI=1S/C25H28FN5O2/c1-16-27-21-12-19(8-9-22(21)30(16)2)28-24(33)14-31-13-20(17-5-3-6-18(26)11-17)25(15-31)10-4-7-23(32)29-25/h3,5-6,8-9,11-12,20H,4,7,10,13-15H2,1-2H3,(H,28,33)(H,29,32)/t20-,25+/m0/s1. The molecule has 2 fully saturated rings. The number of rotatable bonds is 4. The Morgan fingerprint density at radius 3 is 2.94 bits per heavy atom. The number of halogens is 1. The van der Waals surface area contributed by atoms with E-state index in [-0.39, 0.29) is 30.1 Å². The molecule has 8 heteroatoms. The molecule has 1 aromatic heterocycles. The third-order valence-electron chi connectivity index (χ3n) is 7.04. The van der Waals surface area contributed by atoms with E-state index >= 15 is 0 Å². The minimum Gasteiger partial charge on any atom is -0.349 e. The second-order valence-corrected chi connectivity index (χ2v) is 9.30. The summed E-state index contributed by atoms with van der Waals surface area (Å²) in [4.78, 5) is 31.7. The van der Waals surface area contributed by atoms with Crippen molar-refractivity contribution in [3.8, 4) is 0 Å². The number of piperidine rings is 1. The Labute approximate surface area is 192 Å². The molecule has 7 nitrogen and oxygen atoms in total. The molecule has 2 saturated heterocycles. The van der Waals surface area contributed by atoms with E-state index in [1.54, 1.807) is 12.1 Å². The third kappa shape index (κ3) is 4.11. The largest absolute Gasteiger partial charge is 0.349 e. The number of anilines is 1. The zero-order valence-electron chi connectivity index (χ0n) is 18.9. The van der Waals surface area contributed by atoms with Gasteiger partial charge in [-0.2, -0.15) is 0 Å².